The summed E-state index contributed by atoms with van der Waals surface area (Å²) in [5.74, 6) is 0.740. The third-order valence-corrected chi connectivity index (χ3v) is 4.99. The lowest BCUT2D eigenvalue weighted by atomic mass is 9.85. The number of nitrogens with zero attached hydrogens (tertiary/aromatic N) is 2. The maximum atomic E-state index is 12.6. The van der Waals surface area contributed by atoms with Gasteiger partial charge in [-0.15, -0.1) is 0 Å². The van der Waals surface area contributed by atoms with Crippen LogP contribution in [0.25, 0.3) is 0 Å². The first-order chi connectivity index (χ1) is 11.2. The molecule has 2 aliphatic heterocycles. The molecule has 0 aliphatic carbocycles. The van der Waals surface area contributed by atoms with E-state index in [2.05, 4.69) is 4.98 Å². The van der Waals surface area contributed by atoms with Crippen molar-refractivity contribution in [2.45, 2.75) is 37.7 Å². The van der Waals surface area contributed by atoms with Gasteiger partial charge in [-0.05, 0) is 43.2 Å². The Kier molecular flexibility index (Phi) is 5.28. The van der Waals surface area contributed by atoms with E-state index < -0.39 is 0 Å². The van der Waals surface area contributed by atoms with Crippen LogP contribution in [0.1, 0.15) is 31.2 Å². The predicted molar refractivity (Wildman–Crippen MR) is 87.0 cm³/mol. The summed E-state index contributed by atoms with van der Waals surface area (Å²) in [6.07, 6.45) is 8.11. The summed E-state index contributed by atoms with van der Waals surface area (Å²) in [4.78, 5) is 18.7. The van der Waals surface area contributed by atoms with Crippen LogP contribution in [0.4, 0.5) is 0 Å². The zero-order chi connectivity index (χ0) is 16.1. The molecule has 1 spiro atoms. The minimum absolute atomic E-state index is 0.124. The second-order valence-electron chi connectivity index (χ2n) is 6.80. The number of likely N-dealkylation sites (tertiary alicyclic amines) is 1. The molecule has 5 heteroatoms. The Balaban J connectivity index is 1.57. The Hall–Kier alpha value is -1.46. The number of hydrogen-bond acceptors (Lipinski definition) is 4. The van der Waals surface area contributed by atoms with Gasteiger partial charge in [0.1, 0.15) is 0 Å². The van der Waals surface area contributed by atoms with Crippen molar-refractivity contribution in [2.24, 2.45) is 5.92 Å². The van der Waals surface area contributed by atoms with Gasteiger partial charge in [-0.1, -0.05) is 6.07 Å². The molecule has 1 amide bonds. The van der Waals surface area contributed by atoms with Gasteiger partial charge < -0.3 is 14.4 Å². The molecular formula is C18H26N2O3. The van der Waals surface area contributed by atoms with Crippen molar-refractivity contribution in [1.29, 1.82) is 0 Å². The van der Waals surface area contributed by atoms with Crippen molar-refractivity contribution in [1.82, 2.24) is 9.88 Å². The number of amides is 1. The normalized spacial score (nSPS) is 27.5. The zero-order valence-corrected chi connectivity index (χ0v) is 13.9. The van der Waals surface area contributed by atoms with Crippen molar-refractivity contribution < 1.29 is 14.3 Å². The van der Waals surface area contributed by atoms with Crippen LogP contribution in [0, 0.1) is 5.92 Å². The highest BCUT2D eigenvalue weighted by Gasteiger charge is 2.44. The Morgan fingerprint density at radius 3 is 3.26 bits per heavy atom. The van der Waals surface area contributed by atoms with E-state index in [1.165, 1.54) is 0 Å². The zero-order valence-electron chi connectivity index (χ0n) is 13.9. The van der Waals surface area contributed by atoms with Gasteiger partial charge in [0, 0.05) is 39.2 Å². The number of piperidine rings is 1. The molecule has 0 radical (unpaired) electrons. The Morgan fingerprint density at radius 1 is 1.57 bits per heavy atom. The summed E-state index contributed by atoms with van der Waals surface area (Å²) in [6, 6.07) is 3.83. The minimum atomic E-state index is -0.124. The van der Waals surface area contributed by atoms with E-state index in [1.807, 2.05) is 17.0 Å². The van der Waals surface area contributed by atoms with Gasteiger partial charge in [0.05, 0.1) is 18.6 Å². The first-order valence-corrected chi connectivity index (χ1v) is 8.50. The third-order valence-electron chi connectivity index (χ3n) is 4.99. The summed E-state index contributed by atoms with van der Waals surface area (Å²) in [5.41, 5.74) is 0.851. The van der Waals surface area contributed by atoms with E-state index >= 15 is 0 Å². The highest BCUT2D eigenvalue weighted by atomic mass is 16.5. The van der Waals surface area contributed by atoms with Crippen LogP contribution in [-0.2, 0) is 20.7 Å². The minimum Gasteiger partial charge on any atom is -0.385 e. The second kappa shape index (κ2) is 7.41. The van der Waals surface area contributed by atoms with Gasteiger partial charge >= 0.3 is 0 Å². The van der Waals surface area contributed by atoms with Gasteiger partial charge in [0.25, 0.3) is 0 Å². The molecule has 0 N–H and O–H groups in total. The maximum absolute atomic E-state index is 12.6. The second-order valence-corrected chi connectivity index (χ2v) is 6.80. The monoisotopic (exact) mass is 318 g/mol. The lowest BCUT2D eigenvalue weighted by Crippen LogP contribution is -2.50. The summed E-state index contributed by atoms with van der Waals surface area (Å²) in [7, 11) is 1.74. The van der Waals surface area contributed by atoms with E-state index in [0.717, 1.165) is 57.6 Å². The fourth-order valence-corrected chi connectivity index (χ4v) is 3.79. The molecule has 1 aromatic rings. The van der Waals surface area contributed by atoms with Crippen LogP contribution >= 0.6 is 0 Å². The number of carbonyl (C=O) groups is 1. The van der Waals surface area contributed by atoms with Crippen molar-refractivity contribution in [3.8, 4) is 0 Å². The van der Waals surface area contributed by atoms with E-state index in [1.54, 1.807) is 19.5 Å². The molecule has 2 atom stereocenters. The molecule has 3 heterocycles. The standard InChI is InChI=1S/C18H26N2O3/c1-22-9-5-16-11-18(23-13-16)6-3-8-20(14-18)17(21)10-15-4-2-7-19-12-15/h2,4,7,12,16H,3,5-6,8-11,13-14H2,1H3/t16-,18+/m1/s1. The molecule has 126 valence electrons. The average Bonchev–Trinajstić information content (AvgIpc) is 2.96. The molecule has 0 bridgehead atoms. The van der Waals surface area contributed by atoms with E-state index in [0.29, 0.717) is 12.3 Å². The Labute approximate surface area is 138 Å². The number of carbonyl (C=O) groups excluding carboxylic acids is 1. The van der Waals surface area contributed by atoms with Crippen LogP contribution < -0.4 is 0 Å². The Morgan fingerprint density at radius 2 is 2.48 bits per heavy atom. The average molecular weight is 318 g/mol. The maximum Gasteiger partial charge on any atom is 0.227 e. The number of rotatable bonds is 5. The fraction of sp³-hybridized carbons (Fsp3) is 0.667. The molecule has 2 fully saturated rings. The summed E-state index contributed by atoms with van der Waals surface area (Å²) in [5, 5.41) is 0. The van der Waals surface area contributed by atoms with Crippen LogP contribution in [0.3, 0.4) is 0 Å². The number of aromatic nitrogens is 1. The first kappa shape index (κ1) is 16.4. The largest absolute Gasteiger partial charge is 0.385 e. The quantitative estimate of drug-likeness (QED) is 0.834. The first-order valence-electron chi connectivity index (χ1n) is 8.50. The molecular weight excluding hydrogens is 292 g/mol. The Bertz CT molecular complexity index is 522. The third kappa shape index (κ3) is 4.09. The van der Waals surface area contributed by atoms with Gasteiger partial charge in [-0.3, -0.25) is 9.78 Å². The molecule has 0 aromatic carbocycles. The molecule has 23 heavy (non-hydrogen) atoms. The number of hydrogen-bond donors (Lipinski definition) is 0. The number of ether oxygens (including phenoxy) is 2. The molecule has 5 nitrogen and oxygen atoms in total. The molecule has 0 unspecified atom stereocenters. The van der Waals surface area contributed by atoms with Crippen molar-refractivity contribution >= 4 is 5.91 Å². The van der Waals surface area contributed by atoms with Crippen LogP contribution in [0.5, 0.6) is 0 Å². The van der Waals surface area contributed by atoms with Crippen LogP contribution in [0.15, 0.2) is 24.5 Å². The van der Waals surface area contributed by atoms with Gasteiger partial charge in [0.2, 0.25) is 5.91 Å². The van der Waals surface area contributed by atoms with Crippen LogP contribution in [-0.4, -0.2) is 54.8 Å². The van der Waals surface area contributed by atoms with E-state index in [4.69, 9.17) is 9.47 Å². The topological polar surface area (TPSA) is 51.7 Å². The number of pyridine rings is 1. The van der Waals surface area contributed by atoms with Gasteiger partial charge in [-0.25, -0.2) is 0 Å². The highest BCUT2D eigenvalue weighted by molar-refractivity contribution is 5.78. The molecule has 2 saturated heterocycles. The summed E-state index contributed by atoms with van der Waals surface area (Å²) in [6.45, 7) is 3.16. The summed E-state index contributed by atoms with van der Waals surface area (Å²) < 4.78 is 11.3. The lowest BCUT2D eigenvalue weighted by molar-refractivity contribution is -0.138. The predicted octanol–water partition coefficient (Wildman–Crippen LogP) is 2.06. The molecule has 1 aromatic heterocycles. The van der Waals surface area contributed by atoms with E-state index in [9.17, 15) is 4.79 Å². The van der Waals surface area contributed by atoms with Crippen LogP contribution in [0.2, 0.25) is 0 Å². The molecule has 2 aliphatic rings. The van der Waals surface area contributed by atoms with E-state index in [-0.39, 0.29) is 11.5 Å². The SMILES string of the molecule is COCC[C@H]1CO[C@@]2(CCCN(C(=O)Cc3cccnc3)C2)C1. The lowest BCUT2D eigenvalue weighted by Gasteiger charge is -2.40. The van der Waals surface area contributed by atoms with Crippen molar-refractivity contribution in [2.75, 3.05) is 33.4 Å². The smallest absolute Gasteiger partial charge is 0.227 e. The van der Waals surface area contributed by atoms with Gasteiger partial charge in [0.15, 0.2) is 0 Å². The van der Waals surface area contributed by atoms with Crippen molar-refractivity contribution in [3.63, 3.8) is 0 Å². The highest BCUT2D eigenvalue weighted by Crippen LogP contribution is 2.38. The summed E-state index contributed by atoms with van der Waals surface area (Å²) >= 11 is 0. The van der Waals surface area contributed by atoms with Crippen molar-refractivity contribution in [3.05, 3.63) is 30.1 Å². The fourth-order valence-electron chi connectivity index (χ4n) is 3.79. The number of methoxy groups -OCH3 is 1. The van der Waals surface area contributed by atoms with Gasteiger partial charge in [-0.2, -0.15) is 0 Å². The molecule has 0 saturated carbocycles. The molecule has 3 rings (SSSR count).